The standard InChI is InChI=1S/C12H16ClNO2S/c1-9(15)10-2-3-12(11(13)8-10)14-4-6-17(16)7-5-14/h2-3,8-9,15H,4-7H2,1H3. The summed E-state index contributed by atoms with van der Waals surface area (Å²) in [5.41, 5.74) is 1.78. The molecule has 0 aliphatic carbocycles. The molecule has 1 N–H and O–H groups in total. The van der Waals surface area contributed by atoms with E-state index in [1.807, 2.05) is 12.1 Å². The molecule has 1 aromatic rings. The zero-order valence-corrected chi connectivity index (χ0v) is 11.3. The molecule has 1 fully saturated rings. The van der Waals surface area contributed by atoms with Crippen molar-refractivity contribution in [2.75, 3.05) is 29.5 Å². The second-order valence-electron chi connectivity index (χ2n) is 4.22. The maximum absolute atomic E-state index is 11.3. The van der Waals surface area contributed by atoms with E-state index in [0.29, 0.717) is 16.5 Å². The molecule has 1 atom stereocenters. The van der Waals surface area contributed by atoms with Crippen molar-refractivity contribution in [2.45, 2.75) is 13.0 Å². The van der Waals surface area contributed by atoms with Crippen LogP contribution in [0.25, 0.3) is 0 Å². The molecule has 1 saturated heterocycles. The average Bonchev–Trinajstić information content (AvgIpc) is 2.30. The Kier molecular flexibility index (Phi) is 4.07. The summed E-state index contributed by atoms with van der Waals surface area (Å²) in [6, 6.07) is 5.61. The van der Waals surface area contributed by atoms with Gasteiger partial charge in [-0.3, -0.25) is 4.21 Å². The predicted molar refractivity (Wildman–Crippen MR) is 72.2 cm³/mol. The van der Waals surface area contributed by atoms with Crippen LogP contribution >= 0.6 is 11.6 Å². The normalized spacial score (nSPS) is 19.4. The molecule has 0 radical (unpaired) electrons. The monoisotopic (exact) mass is 273 g/mol. The Hall–Kier alpha value is -0.580. The molecule has 5 heteroatoms. The summed E-state index contributed by atoms with van der Waals surface area (Å²) >= 11 is 6.21. The molecule has 1 aromatic carbocycles. The molecule has 94 valence electrons. The lowest BCUT2D eigenvalue weighted by Gasteiger charge is -2.29. The third-order valence-corrected chi connectivity index (χ3v) is 4.55. The number of aliphatic hydroxyl groups excluding tert-OH is 1. The van der Waals surface area contributed by atoms with Crippen LogP contribution in [-0.2, 0) is 10.8 Å². The van der Waals surface area contributed by atoms with Gasteiger partial charge in [-0.15, -0.1) is 0 Å². The smallest absolute Gasteiger partial charge is 0.0762 e. The molecular formula is C12H16ClNO2S. The van der Waals surface area contributed by atoms with Gasteiger partial charge in [-0.05, 0) is 24.6 Å². The van der Waals surface area contributed by atoms with Gasteiger partial charge in [-0.2, -0.15) is 0 Å². The SMILES string of the molecule is CC(O)c1ccc(N2CCS(=O)CC2)c(Cl)c1. The first-order chi connectivity index (χ1) is 8.08. The van der Waals surface area contributed by atoms with Crippen molar-refractivity contribution in [3.05, 3.63) is 28.8 Å². The van der Waals surface area contributed by atoms with Crippen LogP contribution in [-0.4, -0.2) is 33.9 Å². The van der Waals surface area contributed by atoms with Crippen molar-refractivity contribution in [1.29, 1.82) is 0 Å². The first-order valence-corrected chi connectivity index (χ1v) is 7.52. The van der Waals surface area contributed by atoms with E-state index in [0.717, 1.165) is 24.3 Å². The van der Waals surface area contributed by atoms with Gasteiger partial charge in [0.25, 0.3) is 0 Å². The second kappa shape index (κ2) is 5.38. The van der Waals surface area contributed by atoms with E-state index in [4.69, 9.17) is 11.6 Å². The minimum Gasteiger partial charge on any atom is -0.389 e. The summed E-state index contributed by atoms with van der Waals surface area (Å²) in [5, 5.41) is 10.1. The van der Waals surface area contributed by atoms with Crippen LogP contribution in [0.4, 0.5) is 5.69 Å². The molecule has 1 aliphatic rings. The lowest BCUT2D eigenvalue weighted by Crippen LogP contribution is -2.37. The average molecular weight is 274 g/mol. The molecule has 0 aromatic heterocycles. The van der Waals surface area contributed by atoms with E-state index in [1.165, 1.54) is 0 Å². The van der Waals surface area contributed by atoms with Gasteiger partial charge < -0.3 is 10.0 Å². The van der Waals surface area contributed by atoms with Crippen LogP contribution in [0.5, 0.6) is 0 Å². The molecule has 0 saturated carbocycles. The zero-order valence-electron chi connectivity index (χ0n) is 9.73. The molecule has 0 bridgehead atoms. The lowest BCUT2D eigenvalue weighted by molar-refractivity contribution is 0.199. The van der Waals surface area contributed by atoms with E-state index in [-0.39, 0.29) is 0 Å². The Bertz CT molecular complexity index is 427. The van der Waals surface area contributed by atoms with Gasteiger partial charge in [-0.25, -0.2) is 0 Å². The van der Waals surface area contributed by atoms with Crippen LogP contribution in [0.1, 0.15) is 18.6 Å². The van der Waals surface area contributed by atoms with Gasteiger partial charge in [0.15, 0.2) is 0 Å². The van der Waals surface area contributed by atoms with Crippen LogP contribution in [0, 0.1) is 0 Å². The minimum absolute atomic E-state index is 0.504. The van der Waals surface area contributed by atoms with Gasteiger partial charge in [-0.1, -0.05) is 17.7 Å². The summed E-state index contributed by atoms with van der Waals surface area (Å²) in [5.74, 6) is 1.41. The largest absolute Gasteiger partial charge is 0.389 e. The molecule has 1 unspecified atom stereocenters. The van der Waals surface area contributed by atoms with Crippen molar-refractivity contribution < 1.29 is 9.32 Å². The van der Waals surface area contributed by atoms with Crippen molar-refractivity contribution in [1.82, 2.24) is 0 Å². The van der Waals surface area contributed by atoms with Crippen LogP contribution in [0.2, 0.25) is 5.02 Å². The van der Waals surface area contributed by atoms with Gasteiger partial charge in [0.1, 0.15) is 0 Å². The van der Waals surface area contributed by atoms with E-state index in [1.54, 1.807) is 13.0 Å². The molecular weight excluding hydrogens is 258 g/mol. The Balaban J connectivity index is 2.19. The molecule has 3 nitrogen and oxygen atoms in total. The van der Waals surface area contributed by atoms with Crippen molar-refractivity contribution in [3.63, 3.8) is 0 Å². The summed E-state index contributed by atoms with van der Waals surface area (Å²) in [4.78, 5) is 2.15. The number of hydrogen-bond donors (Lipinski definition) is 1. The number of halogens is 1. The fourth-order valence-electron chi connectivity index (χ4n) is 1.92. The van der Waals surface area contributed by atoms with E-state index >= 15 is 0 Å². The van der Waals surface area contributed by atoms with Gasteiger partial charge >= 0.3 is 0 Å². The first-order valence-electron chi connectivity index (χ1n) is 5.65. The second-order valence-corrected chi connectivity index (χ2v) is 6.33. The highest BCUT2D eigenvalue weighted by Gasteiger charge is 2.18. The Morgan fingerprint density at radius 3 is 2.59 bits per heavy atom. The highest BCUT2D eigenvalue weighted by molar-refractivity contribution is 7.85. The number of nitrogens with zero attached hydrogens (tertiary/aromatic N) is 1. The maximum atomic E-state index is 11.3. The molecule has 0 spiro atoms. The topological polar surface area (TPSA) is 40.5 Å². The Morgan fingerprint density at radius 2 is 2.06 bits per heavy atom. The fourth-order valence-corrected chi connectivity index (χ4v) is 3.28. The number of benzene rings is 1. The lowest BCUT2D eigenvalue weighted by atomic mass is 10.1. The molecule has 2 rings (SSSR count). The highest BCUT2D eigenvalue weighted by atomic mass is 35.5. The third-order valence-electron chi connectivity index (χ3n) is 2.97. The summed E-state index contributed by atoms with van der Waals surface area (Å²) < 4.78 is 11.3. The molecule has 0 amide bonds. The van der Waals surface area contributed by atoms with Crippen LogP contribution in [0.3, 0.4) is 0 Å². The third kappa shape index (κ3) is 3.00. The van der Waals surface area contributed by atoms with Crippen LogP contribution < -0.4 is 4.90 Å². The van der Waals surface area contributed by atoms with E-state index in [2.05, 4.69) is 4.90 Å². The van der Waals surface area contributed by atoms with Gasteiger partial charge in [0.05, 0.1) is 16.8 Å². The van der Waals surface area contributed by atoms with E-state index in [9.17, 15) is 9.32 Å². The van der Waals surface area contributed by atoms with Crippen molar-refractivity contribution in [2.24, 2.45) is 0 Å². The maximum Gasteiger partial charge on any atom is 0.0762 e. The number of hydrogen-bond acceptors (Lipinski definition) is 3. The van der Waals surface area contributed by atoms with Gasteiger partial charge in [0, 0.05) is 35.4 Å². The number of aliphatic hydroxyl groups is 1. The molecule has 1 aliphatic heterocycles. The Labute approximate surface area is 109 Å². The number of anilines is 1. The van der Waals surface area contributed by atoms with Crippen LogP contribution in [0.15, 0.2) is 18.2 Å². The highest BCUT2D eigenvalue weighted by Crippen LogP contribution is 2.29. The Morgan fingerprint density at radius 1 is 1.41 bits per heavy atom. The zero-order chi connectivity index (χ0) is 12.4. The van der Waals surface area contributed by atoms with Gasteiger partial charge in [0.2, 0.25) is 0 Å². The fraction of sp³-hybridized carbons (Fsp3) is 0.500. The predicted octanol–water partition coefficient (Wildman–Crippen LogP) is 1.96. The summed E-state index contributed by atoms with van der Waals surface area (Å²) in [7, 11) is -0.678. The molecule has 1 heterocycles. The molecule has 17 heavy (non-hydrogen) atoms. The summed E-state index contributed by atoms with van der Waals surface area (Å²) in [6.45, 7) is 3.27. The summed E-state index contributed by atoms with van der Waals surface area (Å²) in [6.07, 6.45) is -0.504. The quantitative estimate of drug-likeness (QED) is 0.896. The van der Waals surface area contributed by atoms with Crippen molar-refractivity contribution in [3.8, 4) is 0 Å². The minimum atomic E-state index is -0.678. The first kappa shape index (κ1) is 12.9. The van der Waals surface area contributed by atoms with Crippen molar-refractivity contribution >= 4 is 28.1 Å². The number of rotatable bonds is 2. The van der Waals surface area contributed by atoms with E-state index < -0.39 is 16.9 Å².